The number of likely N-dealkylation sites (N-methyl/N-ethyl adjacent to an activating group) is 2. The van der Waals surface area contributed by atoms with Gasteiger partial charge in [0, 0.05) is 83.7 Å². The highest BCUT2D eigenvalue weighted by molar-refractivity contribution is 6.30. The van der Waals surface area contributed by atoms with E-state index in [1.165, 1.54) is 0 Å². The molecule has 0 radical (unpaired) electrons. The Morgan fingerprint density at radius 3 is 1.48 bits per heavy atom. The van der Waals surface area contributed by atoms with Gasteiger partial charge >= 0.3 is 0 Å². The van der Waals surface area contributed by atoms with E-state index in [0.29, 0.717) is 70.7 Å². The number of aromatic nitrogens is 1. The van der Waals surface area contributed by atoms with Crippen molar-refractivity contribution < 1.29 is 33.1 Å². The summed E-state index contributed by atoms with van der Waals surface area (Å²) in [6.45, 7) is 1.89. The molecule has 2 saturated heterocycles. The number of oxazole rings is 1. The molecule has 2 fully saturated rings. The molecule has 2 aliphatic rings. The highest BCUT2D eigenvalue weighted by atomic mass is 35.5. The van der Waals surface area contributed by atoms with Crippen LogP contribution in [0.3, 0.4) is 0 Å². The van der Waals surface area contributed by atoms with Crippen LogP contribution < -0.4 is 20.1 Å². The van der Waals surface area contributed by atoms with E-state index in [0.717, 1.165) is 36.8 Å². The first-order chi connectivity index (χ1) is 31.3. The van der Waals surface area contributed by atoms with E-state index >= 15 is 0 Å². The van der Waals surface area contributed by atoms with Gasteiger partial charge in [-0.1, -0.05) is 23.2 Å². The van der Waals surface area contributed by atoms with Crippen molar-refractivity contribution in [3.8, 4) is 34.3 Å². The van der Waals surface area contributed by atoms with E-state index in [4.69, 9.17) is 37.1 Å². The molecule has 4 aromatic carbocycles. The Morgan fingerprint density at radius 1 is 0.646 bits per heavy atom. The second-order valence-electron chi connectivity index (χ2n) is 17.0. The molecule has 0 bridgehead atoms. The lowest BCUT2D eigenvalue weighted by Gasteiger charge is -2.30. The smallest absolute Gasteiger partial charge is 0.265 e. The molecule has 342 valence electrons. The summed E-state index contributed by atoms with van der Waals surface area (Å²) in [6.07, 6.45) is 3.56. The van der Waals surface area contributed by atoms with Gasteiger partial charge in [0.15, 0.2) is 18.0 Å². The number of nitrogens with zero attached hydrogens (tertiary/aromatic N) is 5. The van der Waals surface area contributed by atoms with Crippen molar-refractivity contribution in [2.45, 2.75) is 62.8 Å². The predicted octanol–water partition coefficient (Wildman–Crippen LogP) is 7.97. The molecule has 2 N–H and O–H groups in total. The van der Waals surface area contributed by atoms with Gasteiger partial charge < -0.3 is 44.1 Å². The summed E-state index contributed by atoms with van der Waals surface area (Å²) in [5.41, 5.74) is 2.73. The zero-order valence-electron chi connectivity index (χ0n) is 37.0. The van der Waals surface area contributed by atoms with E-state index in [1.807, 2.05) is 62.3 Å². The number of hydrogen-bond acceptors (Lipinski definition) is 10. The van der Waals surface area contributed by atoms with Gasteiger partial charge in [0.05, 0.1) is 6.20 Å². The Morgan fingerprint density at radius 2 is 1.06 bits per heavy atom. The normalized spacial score (nSPS) is 17.0. The van der Waals surface area contributed by atoms with Crippen LogP contribution >= 0.6 is 23.2 Å². The van der Waals surface area contributed by atoms with Gasteiger partial charge in [0.2, 0.25) is 17.7 Å². The number of hydrogen-bond donors (Lipinski definition) is 2. The van der Waals surface area contributed by atoms with E-state index in [2.05, 4.69) is 15.6 Å². The summed E-state index contributed by atoms with van der Waals surface area (Å²) in [6, 6.07) is 27.9. The minimum Gasteiger partial charge on any atom is -0.479 e. The van der Waals surface area contributed by atoms with Crippen LogP contribution in [0.25, 0.3) is 22.8 Å². The summed E-state index contributed by atoms with van der Waals surface area (Å²) < 4.78 is 18.3. The summed E-state index contributed by atoms with van der Waals surface area (Å²) in [5, 5.41) is 7.11. The Balaban J connectivity index is 0.894. The number of rotatable bonds is 18. The minimum atomic E-state index is -0.736. The molecule has 2 aliphatic heterocycles. The number of benzene rings is 4. The number of ether oxygens (including phenoxy) is 2. The maximum absolute atomic E-state index is 13.8. The van der Waals surface area contributed by atoms with E-state index in [9.17, 15) is 19.2 Å². The highest BCUT2D eigenvalue weighted by Crippen LogP contribution is 2.30. The Kier molecular flexibility index (Phi) is 15.8. The van der Waals surface area contributed by atoms with Gasteiger partial charge in [0.25, 0.3) is 11.8 Å². The zero-order valence-corrected chi connectivity index (χ0v) is 38.6. The van der Waals surface area contributed by atoms with Crippen molar-refractivity contribution >= 4 is 58.2 Å². The van der Waals surface area contributed by atoms with Gasteiger partial charge in [-0.15, -0.1) is 0 Å². The standard InChI is InChI=1S/C49H55Cl2N7O7/c1-55(2)30-43(63-40-21-13-34(50)14-22-40)48(61)57-25-5-7-38(57)27-45(59)53-36-17-9-32(10-18-36)42-29-52-47(65-42)33-11-19-37(20-12-33)54-46(60)28-39-8-6-26-58(39)49(62)44(31-56(3)4)64-41-23-15-35(51)16-24-41/h9-24,29,38-39,43-44H,5-8,25-28,30-31H2,1-4H3,(H,53,59)(H,54,60)/t38-,39-,43?,44?/m0/s1. The average molecular weight is 925 g/mol. The Labute approximate surface area is 389 Å². The van der Waals surface area contributed by atoms with Gasteiger partial charge in [-0.25, -0.2) is 4.98 Å². The monoisotopic (exact) mass is 923 g/mol. The van der Waals surface area contributed by atoms with Crippen LogP contribution in [-0.4, -0.2) is 127 Å². The number of carbonyl (C=O) groups is 4. The van der Waals surface area contributed by atoms with E-state index in [-0.39, 0.29) is 48.6 Å². The number of amides is 4. The number of carbonyl (C=O) groups excluding carboxylic acids is 4. The molecule has 0 spiro atoms. The molecule has 65 heavy (non-hydrogen) atoms. The molecule has 7 rings (SSSR count). The quantitative estimate of drug-likeness (QED) is 0.0887. The van der Waals surface area contributed by atoms with Crippen molar-refractivity contribution in [1.29, 1.82) is 0 Å². The molecule has 4 atom stereocenters. The van der Waals surface area contributed by atoms with Gasteiger partial charge in [-0.2, -0.15) is 0 Å². The van der Waals surface area contributed by atoms with Gasteiger partial charge in [0.1, 0.15) is 11.5 Å². The predicted molar refractivity (Wildman–Crippen MR) is 252 cm³/mol. The maximum atomic E-state index is 13.8. The van der Waals surface area contributed by atoms with E-state index < -0.39 is 12.2 Å². The fraction of sp³-hybridized carbons (Fsp3) is 0.367. The fourth-order valence-corrected chi connectivity index (χ4v) is 8.45. The first-order valence-electron chi connectivity index (χ1n) is 21.8. The number of nitrogens with one attached hydrogen (secondary N) is 2. The van der Waals surface area contributed by atoms with Crippen molar-refractivity contribution in [3.63, 3.8) is 0 Å². The third kappa shape index (κ3) is 12.9. The summed E-state index contributed by atoms with van der Waals surface area (Å²) >= 11 is 12.1. The van der Waals surface area contributed by atoms with Crippen LogP contribution in [0.15, 0.2) is 108 Å². The lowest BCUT2D eigenvalue weighted by molar-refractivity contribution is -0.141. The number of halogens is 2. The molecule has 4 amide bonds. The lowest BCUT2D eigenvalue weighted by atomic mass is 10.1. The van der Waals surface area contributed by atoms with Crippen LogP contribution in [0.4, 0.5) is 11.4 Å². The fourth-order valence-electron chi connectivity index (χ4n) is 8.20. The number of likely N-dealkylation sites (tertiary alicyclic amines) is 2. The van der Waals surface area contributed by atoms with Crippen LogP contribution in [0, 0.1) is 0 Å². The SMILES string of the molecule is CN(C)CC(Oc1ccc(Cl)cc1)C(=O)N1CCC[C@H]1CC(=O)Nc1ccc(-c2cnc(-c3ccc(NC(=O)C[C@@H]4CCCN4C(=O)C(CN(C)C)Oc4ccc(Cl)cc4)cc3)o2)cc1. The Bertz CT molecular complexity index is 2230. The maximum Gasteiger partial charge on any atom is 0.265 e. The van der Waals surface area contributed by atoms with Crippen molar-refractivity contribution in [2.75, 3.05) is 65.0 Å². The first-order valence-corrected chi connectivity index (χ1v) is 22.5. The average Bonchev–Trinajstić information content (AvgIpc) is 4.07. The summed E-state index contributed by atoms with van der Waals surface area (Å²) in [5.74, 6) is 1.39. The van der Waals surface area contributed by atoms with Crippen molar-refractivity contribution in [1.82, 2.24) is 24.6 Å². The number of anilines is 2. The highest BCUT2D eigenvalue weighted by Gasteiger charge is 2.37. The second-order valence-corrected chi connectivity index (χ2v) is 17.9. The lowest BCUT2D eigenvalue weighted by Crippen LogP contribution is -2.49. The van der Waals surface area contributed by atoms with Crippen LogP contribution in [0.1, 0.15) is 38.5 Å². The van der Waals surface area contributed by atoms with Crippen LogP contribution in [0.5, 0.6) is 11.5 Å². The van der Waals surface area contributed by atoms with Crippen LogP contribution in [0.2, 0.25) is 10.0 Å². The molecule has 3 heterocycles. The van der Waals surface area contributed by atoms with E-state index in [1.54, 1.807) is 88.8 Å². The Hall–Kier alpha value is -5.93. The molecule has 16 heteroatoms. The van der Waals surface area contributed by atoms with Crippen LogP contribution in [-0.2, 0) is 19.2 Å². The summed E-state index contributed by atoms with van der Waals surface area (Å²) in [4.78, 5) is 65.9. The molecular formula is C49H55Cl2N7O7. The minimum absolute atomic E-state index is 0.146. The largest absolute Gasteiger partial charge is 0.479 e. The van der Waals surface area contributed by atoms with Crippen molar-refractivity contribution in [2.24, 2.45) is 0 Å². The summed E-state index contributed by atoms with van der Waals surface area (Å²) in [7, 11) is 7.55. The van der Waals surface area contributed by atoms with Gasteiger partial charge in [-0.05, 0) is 151 Å². The molecule has 5 aromatic rings. The van der Waals surface area contributed by atoms with Gasteiger partial charge in [-0.3, -0.25) is 19.2 Å². The zero-order chi connectivity index (χ0) is 46.0. The topological polar surface area (TPSA) is 150 Å². The third-order valence-electron chi connectivity index (χ3n) is 11.3. The molecule has 0 aliphatic carbocycles. The van der Waals surface area contributed by atoms with Crippen molar-refractivity contribution in [3.05, 3.63) is 113 Å². The molecule has 2 unspecified atom stereocenters. The first kappa shape index (κ1) is 47.0. The molecule has 0 saturated carbocycles. The third-order valence-corrected chi connectivity index (χ3v) is 11.8. The molecule has 1 aromatic heterocycles. The molecular weight excluding hydrogens is 869 g/mol. The second kappa shape index (κ2) is 21.8. The molecule has 14 nitrogen and oxygen atoms in total.